The maximum Gasteiger partial charge on any atom is 0.00249 e. The molecular formula is C9H23NP2S2. The second kappa shape index (κ2) is 6.11. The maximum atomic E-state index is 5.43. The molecule has 0 saturated carbocycles. The lowest BCUT2D eigenvalue weighted by Gasteiger charge is -2.21. The summed E-state index contributed by atoms with van der Waals surface area (Å²) in [6, 6.07) is -2.02. The van der Waals surface area contributed by atoms with E-state index < -0.39 is 12.1 Å². The van der Waals surface area contributed by atoms with Crippen LogP contribution in [0, 0.1) is 0 Å². The van der Waals surface area contributed by atoms with E-state index in [0.717, 1.165) is 13.1 Å². The highest BCUT2D eigenvalue weighted by Gasteiger charge is 2.07. The molecule has 0 bridgehead atoms. The van der Waals surface area contributed by atoms with E-state index in [1.165, 1.54) is 12.3 Å². The van der Waals surface area contributed by atoms with Gasteiger partial charge in [-0.25, -0.2) is 0 Å². The maximum absolute atomic E-state index is 5.43. The highest BCUT2D eigenvalue weighted by Crippen LogP contribution is 2.37. The average molecular weight is 271 g/mol. The van der Waals surface area contributed by atoms with Gasteiger partial charge >= 0.3 is 0 Å². The van der Waals surface area contributed by atoms with Crippen LogP contribution in [0.2, 0.25) is 0 Å². The van der Waals surface area contributed by atoms with Crippen molar-refractivity contribution in [3.8, 4) is 0 Å². The van der Waals surface area contributed by atoms with E-state index in [-0.39, 0.29) is 0 Å². The van der Waals surface area contributed by atoms with Crippen LogP contribution in [0.3, 0.4) is 0 Å². The molecule has 0 radical (unpaired) electrons. The molecule has 0 aliphatic carbocycles. The third kappa shape index (κ3) is 11.3. The van der Waals surface area contributed by atoms with Crippen LogP contribution in [0.5, 0.6) is 0 Å². The lowest BCUT2D eigenvalue weighted by Crippen LogP contribution is -2.25. The van der Waals surface area contributed by atoms with E-state index in [2.05, 4.69) is 38.6 Å². The Bertz CT molecular complexity index is 228. The van der Waals surface area contributed by atoms with Crippen molar-refractivity contribution in [3.05, 3.63) is 0 Å². The Balaban J connectivity index is 3.73. The average Bonchev–Trinajstić information content (AvgIpc) is 1.94. The van der Waals surface area contributed by atoms with E-state index in [1.54, 1.807) is 0 Å². The molecule has 0 amide bonds. The van der Waals surface area contributed by atoms with E-state index in [9.17, 15) is 0 Å². The Morgan fingerprint density at radius 1 is 0.857 bits per heavy atom. The lowest BCUT2D eigenvalue weighted by atomic mass is 10.6. The van der Waals surface area contributed by atoms with E-state index in [4.69, 9.17) is 23.6 Å². The second-order valence-corrected chi connectivity index (χ2v) is 18.0. The van der Waals surface area contributed by atoms with Gasteiger partial charge in [-0.1, -0.05) is 23.6 Å². The molecule has 0 aromatic carbocycles. The summed E-state index contributed by atoms with van der Waals surface area (Å²) < 4.78 is 0. The lowest BCUT2D eigenvalue weighted by molar-refractivity contribution is 0.378. The van der Waals surface area contributed by atoms with Gasteiger partial charge in [0.1, 0.15) is 0 Å². The van der Waals surface area contributed by atoms with Crippen molar-refractivity contribution in [2.75, 3.05) is 59.1 Å². The number of rotatable bonds is 6. The second-order valence-electron chi connectivity index (χ2n) is 4.90. The molecule has 1 nitrogen and oxygen atoms in total. The van der Waals surface area contributed by atoms with Crippen LogP contribution in [-0.4, -0.2) is 64.0 Å². The summed E-state index contributed by atoms with van der Waals surface area (Å²) >= 11 is 10.9. The molecule has 0 aromatic heterocycles. The van der Waals surface area contributed by atoms with Crippen molar-refractivity contribution < 1.29 is 0 Å². The Kier molecular flexibility index (Phi) is 6.66. The van der Waals surface area contributed by atoms with Gasteiger partial charge in [-0.05, 0) is 58.1 Å². The third-order valence-corrected chi connectivity index (χ3v) is 5.69. The van der Waals surface area contributed by atoms with Crippen molar-refractivity contribution >= 4 is 35.7 Å². The van der Waals surface area contributed by atoms with Gasteiger partial charge in [0.05, 0.1) is 0 Å². The summed E-state index contributed by atoms with van der Waals surface area (Å²) in [5, 5.41) is 0. The predicted octanol–water partition coefficient (Wildman–Crippen LogP) is 2.40. The van der Waals surface area contributed by atoms with E-state index in [1.807, 2.05) is 0 Å². The van der Waals surface area contributed by atoms with Gasteiger partial charge in [0.25, 0.3) is 0 Å². The quantitative estimate of drug-likeness (QED) is 0.683. The molecule has 14 heavy (non-hydrogen) atoms. The van der Waals surface area contributed by atoms with Crippen LogP contribution < -0.4 is 0 Å². The normalized spacial score (nSPS) is 13.6. The topological polar surface area (TPSA) is 3.24 Å². The van der Waals surface area contributed by atoms with Gasteiger partial charge in [-0.2, -0.15) is 0 Å². The number of nitrogens with zero attached hydrogens (tertiary/aromatic N) is 1. The first-order valence-electron chi connectivity index (χ1n) is 4.87. The van der Waals surface area contributed by atoms with Gasteiger partial charge in [-0.15, -0.1) is 0 Å². The van der Waals surface area contributed by atoms with Crippen molar-refractivity contribution in [2.45, 2.75) is 0 Å². The fourth-order valence-corrected chi connectivity index (χ4v) is 3.07. The first kappa shape index (κ1) is 15.3. The largest absolute Gasteiger partial charge is 0.306 e. The minimum Gasteiger partial charge on any atom is -0.306 e. The van der Waals surface area contributed by atoms with Gasteiger partial charge in [0, 0.05) is 13.1 Å². The Morgan fingerprint density at radius 3 is 1.36 bits per heavy atom. The predicted molar refractivity (Wildman–Crippen MR) is 79.5 cm³/mol. The highest BCUT2D eigenvalue weighted by atomic mass is 32.4. The zero-order chi connectivity index (χ0) is 11.4. The zero-order valence-electron chi connectivity index (χ0n) is 9.99. The van der Waals surface area contributed by atoms with Crippen LogP contribution in [0.1, 0.15) is 0 Å². The summed E-state index contributed by atoms with van der Waals surface area (Å²) in [6.45, 7) is 11.2. The molecule has 0 aliphatic rings. The van der Waals surface area contributed by atoms with Crippen molar-refractivity contribution in [2.24, 2.45) is 0 Å². The molecular weight excluding hydrogens is 248 g/mol. The zero-order valence-corrected chi connectivity index (χ0v) is 13.4. The first-order chi connectivity index (χ1) is 6.10. The van der Waals surface area contributed by atoms with Crippen LogP contribution in [-0.2, 0) is 23.6 Å². The Hall–Kier alpha value is 1.26. The van der Waals surface area contributed by atoms with Gasteiger partial charge in [0.2, 0.25) is 0 Å². The summed E-state index contributed by atoms with van der Waals surface area (Å²) in [7, 11) is 2.18. The van der Waals surface area contributed by atoms with Crippen LogP contribution in [0.15, 0.2) is 0 Å². The molecule has 0 saturated heterocycles. The molecule has 0 heterocycles. The fourth-order valence-electron chi connectivity index (χ4n) is 0.935. The smallest absolute Gasteiger partial charge is 0.00249 e. The standard InChI is InChI=1S/C9H23NP2S2/c1-10(6-8-11(2,3)13)7-9-12(4,5)14/h6-9H2,1-5H3. The van der Waals surface area contributed by atoms with Crippen LogP contribution in [0.4, 0.5) is 0 Å². The molecule has 0 fully saturated rings. The minimum atomic E-state index is -1.01. The first-order valence-corrected chi connectivity index (χ1v) is 12.6. The molecule has 0 spiro atoms. The molecule has 0 N–H and O–H groups in total. The van der Waals surface area contributed by atoms with Crippen molar-refractivity contribution in [1.29, 1.82) is 0 Å². The van der Waals surface area contributed by atoms with Gasteiger partial charge in [0.15, 0.2) is 0 Å². The summed E-state index contributed by atoms with van der Waals surface area (Å²) in [4.78, 5) is 2.38. The third-order valence-electron chi connectivity index (χ3n) is 2.04. The van der Waals surface area contributed by atoms with Crippen molar-refractivity contribution in [1.82, 2.24) is 4.90 Å². The van der Waals surface area contributed by atoms with Crippen LogP contribution >= 0.6 is 12.1 Å². The van der Waals surface area contributed by atoms with E-state index >= 15 is 0 Å². The van der Waals surface area contributed by atoms with Gasteiger partial charge in [-0.3, -0.25) is 0 Å². The molecule has 0 aliphatic heterocycles. The fraction of sp³-hybridized carbons (Fsp3) is 1.00. The number of hydrogen-bond donors (Lipinski definition) is 0. The minimum absolute atomic E-state index is 1.01. The highest BCUT2D eigenvalue weighted by molar-refractivity contribution is 8.14. The number of hydrogen-bond acceptors (Lipinski definition) is 3. The van der Waals surface area contributed by atoms with Crippen molar-refractivity contribution in [3.63, 3.8) is 0 Å². The Labute approximate surface area is 99.7 Å². The van der Waals surface area contributed by atoms with Gasteiger partial charge < -0.3 is 4.90 Å². The summed E-state index contributed by atoms with van der Waals surface area (Å²) in [6.07, 6.45) is 2.38. The summed E-state index contributed by atoms with van der Waals surface area (Å²) in [5.74, 6) is 0. The molecule has 0 atom stereocenters. The summed E-state index contributed by atoms with van der Waals surface area (Å²) in [5.41, 5.74) is 0. The molecule has 0 aromatic rings. The monoisotopic (exact) mass is 271 g/mol. The Morgan fingerprint density at radius 2 is 1.14 bits per heavy atom. The van der Waals surface area contributed by atoms with Crippen LogP contribution in [0.25, 0.3) is 0 Å². The molecule has 86 valence electrons. The molecule has 5 heteroatoms. The SMILES string of the molecule is CN(CCP(C)(C)=S)CCP(C)(C)=S. The van der Waals surface area contributed by atoms with E-state index in [0.29, 0.717) is 0 Å². The molecule has 0 rings (SSSR count). The molecule has 0 unspecified atom stereocenters.